The maximum absolute atomic E-state index is 14.4. The van der Waals surface area contributed by atoms with Crippen LogP contribution in [0.25, 0.3) is 0 Å². The quantitative estimate of drug-likeness (QED) is 0.215. The Kier molecular flexibility index (Phi) is 9.27. The monoisotopic (exact) mass is 560 g/mol. The van der Waals surface area contributed by atoms with Gasteiger partial charge in [0.15, 0.2) is 0 Å². The highest BCUT2D eigenvalue weighted by molar-refractivity contribution is 8.02. The number of hydrogen-bond acceptors (Lipinski definition) is 6. The molecule has 3 heterocycles. The second-order valence-corrected chi connectivity index (χ2v) is 12.2. The van der Waals surface area contributed by atoms with E-state index in [0.717, 1.165) is 25.7 Å². The number of thioether (sulfide) groups is 1. The summed E-state index contributed by atoms with van der Waals surface area (Å²) >= 11 is 7.69. The van der Waals surface area contributed by atoms with Crippen molar-refractivity contribution in [1.82, 2.24) is 4.90 Å². The molecule has 0 aromatic heterocycles. The average molecular weight is 561 g/mol. The summed E-state index contributed by atoms with van der Waals surface area (Å²) in [6.45, 7) is 9.74. The van der Waals surface area contributed by atoms with Crippen LogP contribution in [0.2, 0.25) is 5.02 Å². The average Bonchev–Trinajstić information content (AvgIpc) is 3.56. The van der Waals surface area contributed by atoms with E-state index in [1.807, 2.05) is 13.0 Å². The molecule has 3 aliphatic rings. The van der Waals surface area contributed by atoms with Gasteiger partial charge in [0.25, 0.3) is 5.91 Å². The van der Waals surface area contributed by atoms with Crippen molar-refractivity contribution < 1.29 is 24.2 Å². The van der Waals surface area contributed by atoms with Crippen LogP contribution in [0.4, 0.5) is 5.69 Å². The number of amides is 2. The minimum Gasteiger partial charge on any atom is -0.465 e. The summed E-state index contributed by atoms with van der Waals surface area (Å²) in [6, 6.07) is 5.65. The van der Waals surface area contributed by atoms with Crippen LogP contribution in [0.5, 0.6) is 0 Å². The van der Waals surface area contributed by atoms with Crippen molar-refractivity contribution in [2.75, 3.05) is 24.7 Å². The van der Waals surface area contributed by atoms with Gasteiger partial charge < -0.3 is 19.6 Å². The molecule has 9 heteroatoms. The zero-order valence-electron chi connectivity index (χ0n) is 21.9. The maximum atomic E-state index is 14.4. The molecule has 38 heavy (non-hydrogen) atoms. The number of hydrogen-bond donors (Lipinski definition) is 1. The lowest BCUT2D eigenvalue weighted by Crippen LogP contribution is -2.57. The Morgan fingerprint density at radius 1 is 1.29 bits per heavy atom. The number of carbonyl (C=O) groups excluding carboxylic acids is 3. The molecule has 3 aliphatic heterocycles. The Labute approximate surface area is 234 Å². The molecule has 2 amide bonds. The van der Waals surface area contributed by atoms with E-state index >= 15 is 0 Å². The van der Waals surface area contributed by atoms with Crippen LogP contribution in [-0.4, -0.2) is 69.6 Å². The molecule has 3 fully saturated rings. The number of nitrogens with zero attached hydrogens (tertiary/aromatic N) is 2. The molecule has 206 valence electrons. The fourth-order valence-electron chi connectivity index (χ4n) is 6.33. The molecule has 2 unspecified atom stereocenters. The number of aliphatic hydroxyl groups is 1. The van der Waals surface area contributed by atoms with Crippen LogP contribution in [0.15, 0.2) is 49.6 Å². The normalized spacial score (nSPS) is 28.2. The number of unbranched alkanes of at least 4 members (excludes halogenated alkanes) is 2. The van der Waals surface area contributed by atoms with E-state index in [0.29, 0.717) is 30.2 Å². The van der Waals surface area contributed by atoms with Crippen molar-refractivity contribution in [3.8, 4) is 0 Å². The van der Waals surface area contributed by atoms with Crippen LogP contribution >= 0.6 is 23.4 Å². The highest BCUT2D eigenvalue weighted by Gasteiger charge is 2.74. The number of rotatable bonds is 13. The Balaban J connectivity index is 1.69. The van der Waals surface area contributed by atoms with Gasteiger partial charge in [-0.15, -0.1) is 24.9 Å². The highest BCUT2D eigenvalue weighted by atomic mass is 35.5. The number of carbonyl (C=O) groups is 3. The summed E-state index contributed by atoms with van der Waals surface area (Å²) in [4.78, 5) is 45.1. The summed E-state index contributed by atoms with van der Waals surface area (Å²) in [7, 11) is 0. The van der Waals surface area contributed by atoms with E-state index in [1.54, 1.807) is 51.9 Å². The second-order valence-electron chi connectivity index (χ2n) is 10.2. The third kappa shape index (κ3) is 5.03. The molecule has 0 saturated carbocycles. The zero-order chi connectivity index (χ0) is 27.4. The summed E-state index contributed by atoms with van der Waals surface area (Å²) in [5.41, 5.74) is 0.650. The van der Waals surface area contributed by atoms with Crippen molar-refractivity contribution in [3.05, 3.63) is 54.6 Å². The van der Waals surface area contributed by atoms with Gasteiger partial charge in [0.05, 0.1) is 35.8 Å². The van der Waals surface area contributed by atoms with Crippen molar-refractivity contribution in [3.63, 3.8) is 0 Å². The number of benzene rings is 1. The van der Waals surface area contributed by atoms with Gasteiger partial charge in [0.2, 0.25) is 5.91 Å². The Hall–Kier alpha value is -2.29. The lowest BCUT2D eigenvalue weighted by Gasteiger charge is -2.39. The molecule has 1 aromatic carbocycles. The third-order valence-corrected chi connectivity index (χ3v) is 10.3. The fraction of sp³-hybridized carbons (Fsp3) is 0.552. The first-order valence-corrected chi connectivity index (χ1v) is 14.7. The van der Waals surface area contributed by atoms with E-state index in [1.165, 1.54) is 0 Å². The van der Waals surface area contributed by atoms with Crippen LogP contribution < -0.4 is 4.90 Å². The number of esters is 1. The van der Waals surface area contributed by atoms with E-state index in [4.69, 9.17) is 16.3 Å². The predicted molar refractivity (Wildman–Crippen MR) is 151 cm³/mol. The number of fused-ring (bicyclic) bond motifs is 1. The highest BCUT2D eigenvalue weighted by Crippen LogP contribution is 2.67. The largest absolute Gasteiger partial charge is 0.465 e. The number of allylic oxidation sites excluding steroid dienone is 1. The predicted octanol–water partition coefficient (Wildman–Crippen LogP) is 4.62. The fourth-order valence-corrected chi connectivity index (χ4v) is 8.64. The Bertz CT molecular complexity index is 1060. The molecular weight excluding hydrogens is 524 g/mol. The molecule has 1 spiro atoms. The summed E-state index contributed by atoms with van der Waals surface area (Å²) in [5.74, 6) is -2.08. The zero-order valence-corrected chi connectivity index (χ0v) is 23.5. The molecule has 4 rings (SSSR count). The first-order valence-electron chi connectivity index (χ1n) is 13.4. The third-order valence-electron chi connectivity index (χ3n) is 8.08. The first kappa shape index (κ1) is 28.7. The second kappa shape index (κ2) is 12.3. The van der Waals surface area contributed by atoms with Gasteiger partial charge in [-0.05, 0) is 62.8 Å². The molecule has 7 nitrogen and oxygen atoms in total. The Morgan fingerprint density at radius 3 is 2.66 bits per heavy atom. The van der Waals surface area contributed by atoms with Gasteiger partial charge in [-0.25, -0.2) is 0 Å². The molecule has 0 radical (unpaired) electrons. The molecule has 0 aliphatic carbocycles. The molecule has 1 aromatic rings. The van der Waals surface area contributed by atoms with Crippen molar-refractivity contribution >= 4 is 46.8 Å². The van der Waals surface area contributed by atoms with Gasteiger partial charge in [-0.2, -0.15) is 0 Å². The van der Waals surface area contributed by atoms with Crippen molar-refractivity contribution in [2.24, 2.45) is 11.8 Å². The molecule has 3 saturated heterocycles. The lowest BCUT2D eigenvalue weighted by atomic mass is 9.71. The number of aliphatic hydroxyl groups excluding tert-OH is 1. The lowest BCUT2D eigenvalue weighted by molar-refractivity contribution is -0.154. The molecular formula is C29H37ClN2O5S. The van der Waals surface area contributed by atoms with Gasteiger partial charge in [0.1, 0.15) is 6.04 Å². The first-order chi connectivity index (χ1) is 18.3. The van der Waals surface area contributed by atoms with Crippen LogP contribution in [0.3, 0.4) is 0 Å². The summed E-state index contributed by atoms with van der Waals surface area (Å²) in [6.07, 6.45) is 7.85. The van der Waals surface area contributed by atoms with Crippen LogP contribution in [0, 0.1) is 11.8 Å². The minimum absolute atomic E-state index is 0.0698. The van der Waals surface area contributed by atoms with Crippen molar-refractivity contribution in [2.45, 2.75) is 67.5 Å². The van der Waals surface area contributed by atoms with Gasteiger partial charge in [-0.1, -0.05) is 30.7 Å². The minimum atomic E-state index is -0.812. The number of anilines is 1. The van der Waals surface area contributed by atoms with E-state index < -0.39 is 28.7 Å². The van der Waals surface area contributed by atoms with Crippen LogP contribution in [-0.2, 0) is 19.1 Å². The SMILES string of the molecule is C=CCCCCOC(=O)[C@@H]1[C@@H]2CCC3(S2)C(C(=O)N(CC=C)c2ccc(Cl)cc2)N([C@@H](CC)CO)C(=O)[C@H]13. The standard InChI is InChI=1S/C29H37ClN2O5S/c1-4-7-8-9-17-37-28(36)23-22-14-15-29(38-22)24(23)26(34)32(20(6-3)18-33)25(29)27(35)31(16-5-2)21-12-10-19(30)11-13-21/h4-5,10-13,20,22-25,33H,1-2,6-9,14-18H2,3H3/t20-,22-,23+,24-,25?,29?/m0/s1. The van der Waals surface area contributed by atoms with E-state index in [2.05, 4.69) is 13.2 Å². The van der Waals surface area contributed by atoms with Gasteiger partial charge >= 0.3 is 5.97 Å². The number of ether oxygens (including phenoxy) is 1. The van der Waals surface area contributed by atoms with Gasteiger partial charge in [0, 0.05) is 22.5 Å². The smallest absolute Gasteiger partial charge is 0.310 e. The number of halogens is 1. The van der Waals surface area contributed by atoms with E-state index in [-0.39, 0.29) is 36.2 Å². The topological polar surface area (TPSA) is 87.2 Å². The summed E-state index contributed by atoms with van der Waals surface area (Å²) in [5, 5.41) is 10.7. The van der Waals surface area contributed by atoms with Gasteiger partial charge in [-0.3, -0.25) is 14.4 Å². The molecule has 2 bridgehead atoms. The maximum Gasteiger partial charge on any atom is 0.310 e. The molecule has 6 atom stereocenters. The number of likely N-dealkylation sites (tertiary alicyclic amines) is 1. The Morgan fingerprint density at radius 2 is 2.03 bits per heavy atom. The van der Waals surface area contributed by atoms with Crippen molar-refractivity contribution in [1.29, 1.82) is 0 Å². The van der Waals surface area contributed by atoms with E-state index in [9.17, 15) is 19.5 Å². The molecule has 1 N–H and O–H groups in total. The summed E-state index contributed by atoms with van der Waals surface area (Å²) < 4.78 is 4.91. The van der Waals surface area contributed by atoms with Crippen LogP contribution in [0.1, 0.15) is 45.4 Å².